The van der Waals surface area contributed by atoms with E-state index in [2.05, 4.69) is 0 Å². The molecule has 2 atom stereocenters. The van der Waals surface area contributed by atoms with Crippen LogP contribution in [0.2, 0.25) is 0 Å². The molecule has 2 N–H and O–H groups in total. The molecular weight excluding hydrogens is 356 g/mol. The smallest absolute Gasteiger partial charge is 0.411 e. The first-order chi connectivity index (χ1) is 12.2. The second-order valence-corrected chi connectivity index (χ2v) is 8.62. The van der Waals surface area contributed by atoms with Crippen molar-refractivity contribution in [3.05, 3.63) is 0 Å². The lowest BCUT2D eigenvalue weighted by molar-refractivity contribution is -0.147. The third-order valence-electron chi connectivity index (χ3n) is 3.92. The largest absolute Gasteiger partial charge is 0.480 e. The SMILES string of the molecule is CC(C)(C)OC(=O)N1CCC1C(=O)O.CC(C)(C)OC(=O)N1CCC1CO. The summed E-state index contributed by atoms with van der Waals surface area (Å²) >= 11 is 0. The maximum Gasteiger partial charge on any atom is 0.411 e. The third-order valence-corrected chi connectivity index (χ3v) is 3.92. The molecule has 0 aromatic heterocycles. The number of amides is 2. The van der Waals surface area contributed by atoms with Gasteiger partial charge < -0.3 is 24.6 Å². The number of aliphatic hydroxyl groups is 1. The molecular formula is C18H32N2O7. The zero-order chi connectivity index (χ0) is 21.0. The minimum absolute atomic E-state index is 0.0270. The first-order valence-corrected chi connectivity index (χ1v) is 9.08. The minimum Gasteiger partial charge on any atom is -0.480 e. The molecule has 9 heteroatoms. The Morgan fingerprint density at radius 3 is 1.59 bits per heavy atom. The zero-order valence-electron chi connectivity index (χ0n) is 17.0. The van der Waals surface area contributed by atoms with Crippen molar-refractivity contribution in [3.63, 3.8) is 0 Å². The van der Waals surface area contributed by atoms with E-state index in [1.165, 1.54) is 4.90 Å². The molecule has 9 nitrogen and oxygen atoms in total. The number of carboxylic acids is 1. The van der Waals surface area contributed by atoms with E-state index in [4.69, 9.17) is 19.7 Å². The van der Waals surface area contributed by atoms with Crippen molar-refractivity contribution >= 4 is 18.2 Å². The van der Waals surface area contributed by atoms with Gasteiger partial charge in [0.05, 0.1) is 12.6 Å². The van der Waals surface area contributed by atoms with Crippen LogP contribution in [0.3, 0.4) is 0 Å². The highest BCUT2D eigenvalue weighted by Crippen LogP contribution is 2.21. The third kappa shape index (κ3) is 7.24. The van der Waals surface area contributed by atoms with Gasteiger partial charge in [0, 0.05) is 13.1 Å². The molecule has 2 aliphatic rings. The molecule has 0 aromatic rings. The first kappa shape index (κ1) is 23.0. The van der Waals surface area contributed by atoms with E-state index in [1.54, 1.807) is 25.7 Å². The number of hydrogen-bond donors (Lipinski definition) is 2. The Balaban J connectivity index is 0.000000271. The molecule has 2 fully saturated rings. The van der Waals surface area contributed by atoms with Gasteiger partial charge in [-0.3, -0.25) is 4.90 Å². The molecule has 0 radical (unpaired) electrons. The lowest BCUT2D eigenvalue weighted by Crippen LogP contribution is -2.56. The highest BCUT2D eigenvalue weighted by atomic mass is 16.6. The summed E-state index contributed by atoms with van der Waals surface area (Å²) in [5, 5.41) is 17.6. The van der Waals surface area contributed by atoms with Gasteiger partial charge in [-0.05, 0) is 54.4 Å². The van der Waals surface area contributed by atoms with Crippen molar-refractivity contribution in [1.29, 1.82) is 0 Å². The molecule has 2 amide bonds. The molecule has 2 aliphatic heterocycles. The van der Waals surface area contributed by atoms with Crippen molar-refractivity contribution in [2.45, 2.75) is 77.7 Å². The molecule has 27 heavy (non-hydrogen) atoms. The summed E-state index contributed by atoms with van der Waals surface area (Å²) in [5.41, 5.74) is -1.03. The number of aliphatic hydroxyl groups excluding tert-OH is 1. The number of carbonyl (C=O) groups is 3. The maximum absolute atomic E-state index is 11.4. The van der Waals surface area contributed by atoms with Crippen LogP contribution >= 0.6 is 0 Å². The molecule has 0 saturated carbocycles. The summed E-state index contributed by atoms with van der Waals surface area (Å²) in [6.45, 7) is 11.9. The van der Waals surface area contributed by atoms with Crippen molar-refractivity contribution in [1.82, 2.24) is 9.80 Å². The summed E-state index contributed by atoms with van der Waals surface area (Å²) in [6, 6.07) is -0.736. The summed E-state index contributed by atoms with van der Waals surface area (Å²) < 4.78 is 10.2. The van der Waals surface area contributed by atoms with Gasteiger partial charge in [0.25, 0.3) is 0 Å². The number of rotatable bonds is 2. The van der Waals surface area contributed by atoms with Gasteiger partial charge >= 0.3 is 18.2 Å². The molecule has 2 unspecified atom stereocenters. The van der Waals surface area contributed by atoms with Crippen molar-refractivity contribution in [3.8, 4) is 0 Å². The second kappa shape index (κ2) is 8.77. The van der Waals surface area contributed by atoms with E-state index >= 15 is 0 Å². The van der Waals surface area contributed by atoms with E-state index in [0.29, 0.717) is 19.5 Å². The standard InChI is InChI=1S/C9H15NO4.C9H17NO3/c1-9(2,3)14-8(13)10-5-4-6(10)7(11)12;1-9(2,3)13-8(12)10-5-4-7(10)6-11/h6H,4-5H2,1-3H3,(H,11,12);7,11H,4-6H2,1-3H3. The molecule has 0 aliphatic carbocycles. The van der Waals surface area contributed by atoms with Gasteiger partial charge in [0.15, 0.2) is 0 Å². The quantitative estimate of drug-likeness (QED) is 0.744. The Bertz CT molecular complexity index is 549. The van der Waals surface area contributed by atoms with Gasteiger partial charge in [-0.15, -0.1) is 0 Å². The number of likely N-dealkylation sites (tertiary alicyclic amines) is 2. The van der Waals surface area contributed by atoms with E-state index < -0.39 is 29.3 Å². The fourth-order valence-electron chi connectivity index (χ4n) is 2.37. The van der Waals surface area contributed by atoms with Gasteiger partial charge in [0.1, 0.15) is 17.2 Å². The van der Waals surface area contributed by atoms with Crippen LogP contribution in [-0.4, -0.2) is 81.2 Å². The van der Waals surface area contributed by atoms with Gasteiger partial charge in [-0.25, -0.2) is 14.4 Å². The van der Waals surface area contributed by atoms with Gasteiger partial charge in [-0.1, -0.05) is 0 Å². The predicted octanol–water partition coefficient (Wildman–Crippen LogP) is 2.07. The Morgan fingerprint density at radius 2 is 1.33 bits per heavy atom. The molecule has 2 heterocycles. The van der Waals surface area contributed by atoms with Crippen molar-refractivity contribution in [2.75, 3.05) is 19.7 Å². The summed E-state index contributed by atoms with van der Waals surface area (Å²) in [7, 11) is 0. The van der Waals surface area contributed by atoms with Crippen LogP contribution in [0, 0.1) is 0 Å². The van der Waals surface area contributed by atoms with Crippen molar-refractivity contribution in [2.24, 2.45) is 0 Å². The van der Waals surface area contributed by atoms with E-state index in [1.807, 2.05) is 20.8 Å². The summed E-state index contributed by atoms with van der Waals surface area (Å²) in [6.07, 6.45) is 0.513. The van der Waals surface area contributed by atoms with Gasteiger partial charge in [-0.2, -0.15) is 0 Å². The van der Waals surface area contributed by atoms with E-state index in [-0.39, 0.29) is 18.7 Å². The molecule has 0 spiro atoms. The van der Waals surface area contributed by atoms with Crippen LogP contribution in [-0.2, 0) is 14.3 Å². The fraction of sp³-hybridized carbons (Fsp3) is 0.833. The number of carboxylic acid groups (broad SMARTS) is 1. The normalized spacial score (nSPS) is 21.9. The summed E-state index contributed by atoms with van der Waals surface area (Å²) in [4.78, 5) is 36.2. The number of ether oxygens (including phenoxy) is 2. The zero-order valence-corrected chi connectivity index (χ0v) is 17.0. The number of nitrogens with zero attached hydrogens (tertiary/aromatic N) is 2. The highest BCUT2D eigenvalue weighted by Gasteiger charge is 2.39. The number of hydrogen-bond acceptors (Lipinski definition) is 6. The van der Waals surface area contributed by atoms with Crippen LogP contribution in [0.1, 0.15) is 54.4 Å². The molecule has 0 bridgehead atoms. The average molecular weight is 388 g/mol. The highest BCUT2D eigenvalue weighted by molar-refractivity contribution is 5.82. The lowest BCUT2D eigenvalue weighted by Gasteiger charge is -2.40. The Morgan fingerprint density at radius 1 is 0.889 bits per heavy atom. The maximum atomic E-state index is 11.4. The van der Waals surface area contributed by atoms with E-state index in [9.17, 15) is 14.4 Å². The van der Waals surface area contributed by atoms with Crippen LogP contribution in [0.25, 0.3) is 0 Å². The summed E-state index contributed by atoms with van der Waals surface area (Å²) in [5.74, 6) is -0.970. The van der Waals surface area contributed by atoms with Gasteiger partial charge in [0.2, 0.25) is 0 Å². The Kier molecular flexibility index (Phi) is 7.48. The average Bonchev–Trinajstić information content (AvgIpc) is 2.31. The monoisotopic (exact) mass is 388 g/mol. The predicted molar refractivity (Wildman–Crippen MR) is 97.4 cm³/mol. The van der Waals surface area contributed by atoms with Crippen LogP contribution in [0.4, 0.5) is 9.59 Å². The fourth-order valence-corrected chi connectivity index (χ4v) is 2.37. The number of carbonyl (C=O) groups excluding carboxylic acids is 2. The minimum atomic E-state index is -0.970. The van der Waals surface area contributed by atoms with Crippen molar-refractivity contribution < 1.29 is 34.1 Å². The molecule has 156 valence electrons. The lowest BCUT2D eigenvalue weighted by atomic mass is 10.0. The van der Waals surface area contributed by atoms with E-state index in [0.717, 1.165) is 6.42 Å². The number of aliphatic carboxylic acids is 1. The topological polar surface area (TPSA) is 117 Å². The molecule has 2 rings (SSSR count). The van der Waals surface area contributed by atoms with Crippen LogP contribution in [0.5, 0.6) is 0 Å². The second-order valence-electron chi connectivity index (χ2n) is 8.62. The Labute approximate surface area is 160 Å². The molecule has 0 aromatic carbocycles. The Hall–Kier alpha value is -2.03. The van der Waals surface area contributed by atoms with Crippen LogP contribution in [0.15, 0.2) is 0 Å². The first-order valence-electron chi connectivity index (χ1n) is 9.08. The van der Waals surface area contributed by atoms with Crippen LogP contribution < -0.4 is 0 Å². The molecule has 2 saturated heterocycles.